The van der Waals surface area contributed by atoms with Crippen molar-refractivity contribution in [2.24, 2.45) is 21.9 Å². The zero-order valence-corrected chi connectivity index (χ0v) is 25.0. The molecule has 42 heavy (non-hydrogen) atoms. The van der Waals surface area contributed by atoms with E-state index >= 15 is 0 Å². The summed E-state index contributed by atoms with van der Waals surface area (Å²) < 4.78 is 5.75. The number of carboxylic acids is 2. The standard InChI is InChI=1S/C31H40N4O7/c1-29(2,3)31(27(40)41,17-25(37)38)35(30(4,5)6)24(36)15-11-18-8-7-9-23-21(18)13-10-19-16-20(34-28(32)33)12-14-22(19)26(39)42-23/h7-9,12,14,16H,10-11,13,15,17H2,1-6H3,(H,37,38)(H,40,41)(H4,32,33,34)/t31-/m0/s1. The molecule has 0 saturated carbocycles. The summed E-state index contributed by atoms with van der Waals surface area (Å²) in [6, 6.07) is 10.2. The molecule has 0 radical (unpaired) electrons. The van der Waals surface area contributed by atoms with Crippen LogP contribution in [0.3, 0.4) is 0 Å². The van der Waals surface area contributed by atoms with Gasteiger partial charge in [-0.2, -0.15) is 0 Å². The first kappa shape index (κ1) is 32.1. The van der Waals surface area contributed by atoms with E-state index in [9.17, 15) is 29.4 Å². The highest BCUT2D eigenvalue weighted by molar-refractivity contribution is 5.94. The predicted molar refractivity (Wildman–Crippen MR) is 158 cm³/mol. The van der Waals surface area contributed by atoms with Crippen LogP contribution in [0.25, 0.3) is 0 Å². The normalized spacial score (nSPS) is 14.7. The molecule has 0 spiro atoms. The van der Waals surface area contributed by atoms with E-state index in [0.717, 1.165) is 11.1 Å². The third kappa shape index (κ3) is 6.56. The second kappa shape index (κ2) is 11.8. The van der Waals surface area contributed by atoms with Gasteiger partial charge >= 0.3 is 17.9 Å². The highest BCUT2D eigenvalue weighted by Gasteiger charge is 2.59. The number of amides is 1. The number of carbonyl (C=O) groups is 4. The number of nitrogens with zero attached hydrogens (tertiary/aromatic N) is 2. The minimum absolute atomic E-state index is 0.0857. The number of aryl methyl sites for hydroxylation is 2. The number of aliphatic carboxylic acids is 2. The molecule has 11 heteroatoms. The van der Waals surface area contributed by atoms with Crippen LogP contribution >= 0.6 is 0 Å². The van der Waals surface area contributed by atoms with Crippen LogP contribution in [0.5, 0.6) is 5.75 Å². The Labute approximate surface area is 245 Å². The van der Waals surface area contributed by atoms with Gasteiger partial charge < -0.3 is 31.3 Å². The molecular formula is C31H40N4O7. The lowest BCUT2D eigenvalue weighted by atomic mass is 9.68. The zero-order chi connectivity index (χ0) is 31.6. The van der Waals surface area contributed by atoms with E-state index in [2.05, 4.69) is 4.99 Å². The molecule has 1 atom stereocenters. The lowest BCUT2D eigenvalue weighted by Crippen LogP contribution is -2.69. The van der Waals surface area contributed by atoms with Crippen LogP contribution in [0.15, 0.2) is 41.4 Å². The Morgan fingerprint density at radius 3 is 2.21 bits per heavy atom. The Morgan fingerprint density at radius 2 is 1.67 bits per heavy atom. The Balaban J connectivity index is 1.97. The fourth-order valence-corrected chi connectivity index (χ4v) is 5.75. The van der Waals surface area contributed by atoms with Gasteiger partial charge in [0.1, 0.15) is 5.75 Å². The van der Waals surface area contributed by atoms with Gasteiger partial charge in [-0.3, -0.25) is 9.59 Å². The topological polar surface area (TPSA) is 186 Å². The van der Waals surface area contributed by atoms with E-state index in [1.807, 2.05) is 6.07 Å². The molecule has 0 bridgehead atoms. The summed E-state index contributed by atoms with van der Waals surface area (Å²) in [6.07, 6.45) is 0.355. The lowest BCUT2D eigenvalue weighted by molar-refractivity contribution is -0.181. The average Bonchev–Trinajstić information content (AvgIpc) is 2.83. The Kier molecular flexibility index (Phi) is 9.04. The summed E-state index contributed by atoms with van der Waals surface area (Å²) in [6.45, 7) is 9.97. The molecule has 1 heterocycles. The minimum Gasteiger partial charge on any atom is -0.481 e. The summed E-state index contributed by atoms with van der Waals surface area (Å²) in [4.78, 5) is 57.0. The van der Waals surface area contributed by atoms with Crippen molar-refractivity contribution < 1.29 is 34.1 Å². The van der Waals surface area contributed by atoms with Crippen molar-refractivity contribution in [3.63, 3.8) is 0 Å². The predicted octanol–water partition coefficient (Wildman–Crippen LogP) is 3.81. The van der Waals surface area contributed by atoms with Crippen LogP contribution in [-0.4, -0.2) is 56.0 Å². The fourth-order valence-electron chi connectivity index (χ4n) is 5.75. The molecule has 11 nitrogen and oxygen atoms in total. The molecule has 0 unspecified atom stereocenters. The summed E-state index contributed by atoms with van der Waals surface area (Å²) >= 11 is 0. The van der Waals surface area contributed by atoms with Crippen LogP contribution in [0.2, 0.25) is 0 Å². The molecule has 1 amide bonds. The maximum Gasteiger partial charge on any atom is 0.343 e. The highest BCUT2D eigenvalue weighted by Crippen LogP contribution is 2.43. The number of carbonyl (C=O) groups excluding carboxylic acids is 2. The third-order valence-electron chi connectivity index (χ3n) is 7.56. The molecule has 226 valence electrons. The third-order valence-corrected chi connectivity index (χ3v) is 7.56. The molecule has 1 aliphatic heterocycles. The van der Waals surface area contributed by atoms with Crippen molar-refractivity contribution in [3.8, 4) is 5.75 Å². The lowest BCUT2D eigenvalue weighted by Gasteiger charge is -2.53. The van der Waals surface area contributed by atoms with Gasteiger partial charge in [-0.25, -0.2) is 14.6 Å². The Bertz CT molecular complexity index is 1430. The number of guanidine groups is 1. The van der Waals surface area contributed by atoms with Crippen LogP contribution in [0, 0.1) is 5.41 Å². The number of benzene rings is 2. The van der Waals surface area contributed by atoms with Crippen LogP contribution < -0.4 is 16.2 Å². The maximum atomic E-state index is 13.9. The summed E-state index contributed by atoms with van der Waals surface area (Å²) in [5.74, 6) is -3.43. The van der Waals surface area contributed by atoms with Gasteiger partial charge in [-0.15, -0.1) is 0 Å². The number of hydrogen-bond donors (Lipinski definition) is 4. The number of nitrogens with two attached hydrogens (primary N) is 2. The van der Waals surface area contributed by atoms with E-state index < -0.39 is 46.7 Å². The molecule has 2 aromatic rings. The number of rotatable bonds is 8. The molecule has 3 rings (SSSR count). The number of esters is 1. The van der Waals surface area contributed by atoms with Crippen LogP contribution in [-0.2, 0) is 33.6 Å². The molecule has 2 aromatic carbocycles. The molecule has 0 fully saturated rings. The van der Waals surface area contributed by atoms with E-state index in [-0.39, 0.29) is 18.8 Å². The maximum absolute atomic E-state index is 13.9. The quantitative estimate of drug-likeness (QED) is 0.156. The van der Waals surface area contributed by atoms with Crippen molar-refractivity contribution in [1.82, 2.24) is 4.90 Å². The van der Waals surface area contributed by atoms with E-state index in [1.54, 1.807) is 71.9 Å². The SMILES string of the molecule is CC(C)(C)N(C(=O)CCc1cccc2c1CCc1cc(N=C(N)N)ccc1C(=O)O2)[C@@](CC(=O)O)(C(=O)O)C(C)(C)C. The smallest absolute Gasteiger partial charge is 0.343 e. The molecule has 6 N–H and O–H groups in total. The Hall–Kier alpha value is -4.41. The van der Waals surface area contributed by atoms with Crippen molar-refractivity contribution >= 4 is 35.5 Å². The highest BCUT2D eigenvalue weighted by atomic mass is 16.5. The first-order valence-corrected chi connectivity index (χ1v) is 13.7. The van der Waals surface area contributed by atoms with Crippen molar-refractivity contribution in [2.75, 3.05) is 0 Å². The van der Waals surface area contributed by atoms with Gasteiger partial charge in [-0.05, 0) is 86.4 Å². The van der Waals surface area contributed by atoms with E-state index in [4.69, 9.17) is 16.2 Å². The van der Waals surface area contributed by atoms with Gasteiger partial charge in [0.25, 0.3) is 0 Å². The van der Waals surface area contributed by atoms with Gasteiger partial charge in [0, 0.05) is 12.0 Å². The van der Waals surface area contributed by atoms with Crippen LogP contribution in [0.4, 0.5) is 5.69 Å². The van der Waals surface area contributed by atoms with Crippen molar-refractivity contribution in [1.29, 1.82) is 0 Å². The minimum atomic E-state index is -2.01. The number of fused-ring (bicyclic) bond motifs is 2. The number of carboxylic acid groups (broad SMARTS) is 2. The first-order chi connectivity index (χ1) is 19.4. The second-order valence-electron chi connectivity index (χ2n) is 12.5. The summed E-state index contributed by atoms with van der Waals surface area (Å²) in [5.41, 5.74) is 10.0. The van der Waals surface area contributed by atoms with Gasteiger partial charge in [0.05, 0.1) is 17.7 Å². The second-order valence-corrected chi connectivity index (χ2v) is 12.5. The van der Waals surface area contributed by atoms with E-state index in [1.165, 1.54) is 4.90 Å². The molecule has 1 aliphatic rings. The van der Waals surface area contributed by atoms with Gasteiger partial charge in [-0.1, -0.05) is 32.9 Å². The number of aliphatic imine (C=N–C) groups is 1. The zero-order valence-electron chi connectivity index (χ0n) is 25.0. The largest absolute Gasteiger partial charge is 0.481 e. The van der Waals surface area contributed by atoms with Crippen LogP contribution in [0.1, 0.15) is 81.4 Å². The fraction of sp³-hybridized carbons (Fsp3) is 0.452. The molecular weight excluding hydrogens is 540 g/mol. The Morgan fingerprint density at radius 1 is 1.00 bits per heavy atom. The molecule has 0 aliphatic carbocycles. The van der Waals surface area contributed by atoms with Gasteiger partial charge in [0.15, 0.2) is 11.5 Å². The number of hydrogen-bond acceptors (Lipinski definition) is 6. The summed E-state index contributed by atoms with van der Waals surface area (Å²) in [5, 5.41) is 20.2. The van der Waals surface area contributed by atoms with Crippen molar-refractivity contribution in [2.45, 2.75) is 84.7 Å². The monoisotopic (exact) mass is 580 g/mol. The van der Waals surface area contributed by atoms with E-state index in [0.29, 0.717) is 35.4 Å². The number of ether oxygens (including phenoxy) is 1. The summed E-state index contributed by atoms with van der Waals surface area (Å²) in [7, 11) is 0. The van der Waals surface area contributed by atoms with Gasteiger partial charge in [0.2, 0.25) is 5.91 Å². The average molecular weight is 581 g/mol. The van der Waals surface area contributed by atoms with Crippen molar-refractivity contribution in [3.05, 3.63) is 58.7 Å². The molecule has 0 aromatic heterocycles. The first-order valence-electron chi connectivity index (χ1n) is 13.7. The molecule has 0 saturated heterocycles.